The third-order valence-corrected chi connectivity index (χ3v) is 5.95. The number of aromatic nitrogens is 1. The van der Waals surface area contributed by atoms with Crippen molar-refractivity contribution in [3.8, 4) is 5.75 Å². The normalized spacial score (nSPS) is 15.4. The van der Waals surface area contributed by atoms with E-state index in [0.717, 1.165) is 46.3 Å². The molecule has 4 nitrogen and oxygen atoms in total. The van der Waals surface area contributed by atoms with Crippen molar-refractivity contribution < 1.29 is 9.53 Å². The van der Waals surface area contributed by atoms with Crippen LogP contribution in [0.4, 0.5) is 0 Å². The highest BCUT2D eigenvalue weighted by molar-refractivity contribution is 14.1. The molecule has 0 aliphatic carbocycles. The van der Waals surface area contributed by atoms with E-state index in [9.17, 15) is 4.79 Å². The summed E-state index contributed by atoms with van der Waals surface area (Å²) < 4.78 is 6.52. The standard InChI is InChI=1S/C21H21IN2O2/c1-26-17-6-7-20-18(12-17)19(13-23-20)14-8-10-24(11-9-14)21(25)15-2-4-16(22)5-3-15/h2-7,12-14,23H,8-11H2,1H3. The van der Waals surface area contributed by atoms with Crippen LogP contribution in [-0.4, -0.2) is 36.0 Å². The maximum atomic E-state index is 12.7. The molecule has 2 aromatic carbocycles. The van der Waals surface area contributed by atoms with Crippen LogP contribution in [0.15, 0.2) is 48.7 Å². The molecule has 1 aliphatic heterocycles. The summed E-state index contributed by atoms with van der Waals surface area (Å²) in [6.07, 6.45) is 4.09. The Morgan fingerprint density at radius 3 is 2.58 bits per heavy atom. The van der Waals surface area contributed by atoms with Crippen LogP contribution in [0.3, 0.4) is 0 Å². The number of carbonyl (C=O) groups is 1. The zero-order chi connectivity index (χ0) is 18.1. The predicted molar refractivity (Wildman–Crippen MR) is 112 cm³/mol. The molecule has 0 spiro atoms. The van der Waals surface area contributed by atoms with E-state index in [1.807, 2.05) is 35.2 Å². The number of benzene rings is 2. The summed E-state index contributed by atoms with van der Waals surface area (Å²) in [6.45, 7) is 1.60. The molecule has 3 aromatic rings. The molecule has 1 saturated heterocycles. The fraction of sp³-hybridized carbons (Fsp3) is 0.286. The average molecular weight is 460 g/mol. The highest BCUT2D eigenvalue weighted by atomic mass is 127. The van der Waals surface area contributed by atoms with E-state index < -0.39 is 0 Å². The summed E-state index contributed by atoms with van der Waals surface area (Å²) in [7, 11) is 1.70. The van der Waals surface area contributed by atoms with Gasteiger partial charge in [0.25, 0.3) is 5.91 Å². The van der Waals surface area contributed by atoms with Gasteiger partial charge >= 0.3 is 0 Å². The Bertz CT molecular complexity index is 925. The van der Waals surface area contributed by atoms with Gasteiger partial charge in [-0.3, -0.25) is 4.79 Å². The minimum atomic E-state index is 0.139. The largest absolute Gasteiger partial charge is 0.497 e. The molecule has 0 unspecified atom stereocenters. The Labute approximate surface area is 166 Å². The number of piperidine rings is 1. The minimum absolute atomic E-state index is 0.139. The number of ether oxygens (including phenoxy) is 1. The fourth-order valence-corrected chi connectivity index (χ4v) is 4.11. The molecule has 2 heterocycles. The van der Waals surface area contributed by atoms with Crippen LogP contribution in [0, 0.1) is 3.57 Å². The van der Waals surface area contributed by atoms with Gasteiger partial charge in [-0.25, -0.2) is 0 Å². The van der Waals surface area contributed by atoms with Gasteiger partial charge in [0.05, 0.1) is 7.11 Å². The van der Waals surface area contributed by atoms with Gasteiger partial charge in [0, 0.05) is 39.3 Å². The van der Waals surface area contributed by atoms with E-state index >= 15 is 0 Å². The van der Waals surface area contributed by atoms with E-state index in [1.165, 1.54) is 10.9 Å². The van der Waals surface area contributed by atoms with Crippen LogP contribution < -0.4 is 4.74 Å². The second-order valence-electron chi connectivity index (χ2n) is 6.73. The maximum absolute atomic E-state index is 12.7. The van der Waals surface area contributed by atoms with Crippen molar-refractivity contribution in [2.45, 2.75) is 18.8 Å². The number of methoxy groups -OCH3 is 1. The predicted octanol–water partition coefficient (Wildman–Crippen LogP) is 4.80. The number of rotatable bonds is 3. The number of hydrogen-bond acceptors (Lipinski definition) is 2. The van der Waals surface area contributed by atoms with Crippen LogP contribution in [0.5, 0.6) is 5.75 Å². The molecule has 4 rings (SSSR count). The Kier molecular flexibility index (Phi) is 4.89. The van der Waals surface area contributed by atoms with E-state index in [4.69, 9.17) is 4.74 Å². The molecule has 1 aromatic heterocycles. The quantitative estimate of drug-likeness (QED) is 0.571. The molecule has 1 N–H and O–H groups in total. The molecule has 0 bridgehead atoms. The summed E-state index contributed by atoms with van der Waals surface area (Å²) in [4.78, 5) is 18.0. The van der Waals surface area contributed by atoms with E-state index in [0.29, 0.717) is 5.92 Å². The summed E-state index contributed by atoms with van der Waals surface area (Å²) >= 11 is 2.26. The third-order valence-electron chi connectivity index (χ3n) is 5.23. The monoisotopic (exact) mass is 460 g/mol. The van der Waals surface area contributed by atoms with Gasteiger partial charge in [-0.15, -0.1) is 0 Å². The number of H-pyrrole nitrogens is 1. The van der Waals surface area contributed by atoms with Gasteiger partial charge in [0.15, 0.2) is 0 Å². The van der Waals surface area contributed by atoms with Gasteiger partial charge in [-0.1, -0.05) is 0 Å². The molecule has 134 valence electrons. The van der Waals surface area contributed by atoms with Crippen LogP contribution >= 0.6 is 22.6 Å². The molecule has 1 aliphatic rings. The van der Waals surface area contributed by atoms with Crippen molar-refractivity contribution in [3.63, 3.8) is 0 Å². The van der Waals surface area contributed by atoms with Gasteiger partial charge in [0.1, 0.15) is 5.75 Å². The van der Waals surface area contributed by atoms with Crippen molar-refractivity contribution in [2.24, 2.45) is 0 Å². The van der Waals surface area contributed by atoms with E-state index in [2.05, 4.69) is 45.9 Å². The van der Waals surface area contributed by atoms with Crippen molar-refractivity contribution in [1.82, 2.24) is 9.88 Å². The van der Waals surface area contributed by atoms with Crippen LogP contribution in [-0.2, 0) is 0 Å². The Morgan fingerprint density at radius 1 is 1.15 bits per heavy atom. The topological polar surface area (TPSA) is 45.3 Å². The van der Waals surface area contributed by atoms with Crippen molar-refractivity contribution in [2.75, 3.05) is 20.2 Å². The first kappa shape index (κ1) is 17.4. The van der Waals surface area contributed by atoms with Crippen molar-refractivity contribution in [3.05, 3.63) is 63.4 Å². The first-order valence-electron chi connectivity index (χ1n) is 8.85. The number of halogens is 1. The number of likely N-dealkylation sites (tertiary alicyclic amines) is 1. The zero-order valence-electron chi connectivity index (χ0n) is 14.7. The highest BCUT2D eigenvalue weighted by Crippen LogP contribution is 2.35. The van der Waals surface area contributed by atoms with Crippen molar-refractivity contribution >= 4 is 39.4 Å². The third kappa shape index (κ3) is 3.32. The average Bonchev–Trinajstić information content (AvgIpc) is 3.11. The number of carbonyl (C=O) groups excluding carboxylic acids is 1. The molecule has 0 radical (unpaired) electrons. The number of nitrogens with zero attached hydrogens (tertiary/aromatic N) is 1. The lowest BCUT2D eigenvalue weighted by Crippen LogP contribution is -2.37. The number of hydrogen-bond donors (Lipinski definition) is 1. The van der Waals surface area contributed by atoms with Crippen LogP contribution in [0.25, 0.3) is 10.9 Å². The van der Waals surface area contributed by atoms with E-state index in [-0.39, 0.29) is 5.91 Å². The maximum Gasteiger partial charge on any atom is 0.253 e. The number of fused-ring (bicyclic) bond motifs is 1. The molecule has 1 amide bonds. The van der Waals surface area contributed by atoms with Gasteiger partial charge in [-0.05, 0) is 89.4 Å². The summed E-state index contributed by atoms with van der Waals surface area (Å²) in [5.74, 6) is 1.49. The first-order chi connectivity index (χ1) is 12.7. The second kappa shape index (κ2) is 7.31. The highest BCUT2D eigenvalue weighted by Gasteiger charge is 2.26. The molecule has 0 saturated carbocycles. The van der Waals surface area contributed by atoms with Gasteiger partial charge < -0.3 is 14.6 Å². The summed E-state index contributed by atoms with van der Waals surface area (Å²) in [6, 6.07) is 14.0. The first-order valence-corrected chi connectivity index (χ1v) is 9.93. The second-order valence-corrected chi connectivity index (χ2v) is 7.97. The number of amides is 1. The Balaban J connectivity index is 1.48. The molecule has 0 atom stereocenters. The minimum Gasteiger partial charge on any atom is -0.497 e. The zero-order valence-corrected chi connectivity index (χ0v) is 16.8. The fourth-order valence-electron chi connectivity index (χ4n) is 3.75. The molecule has 5 heteroatoms. The van der Waals surface area contributed by atoms with Gasteiger partial charge in [0.2, 0.25) is 0 Å². The van der Waals surface area contributed by atoms with E-state index in [1.54, 1.807) is 7.11 Å². The lowest BCUT2D eigenvalue weighted by Gasteiger charge is -2.32. The van der Waals surface area contributed by atoms with Crippen molar-refractivity contribution in [1.29, 1.82) is 0 Å². The molecule has 1 fully saturated rings. The smallest absolute Gasteiger partial charge is 0.253 e. The SMILES string of the molecule is COc1ccc2[nH]cc(C3CCN(C(=O)c4ccc(I)cc4)CC3)c2c1. The number of aromatic amines is 1. The molecular weight excluding hydrogens is 439 g/mol. The Morgan fingerprint density at radius 2 is 1.88 bits per heavy atom. The lowest BCUT2D eigenvalue weighted by atomic mass is 9.89. The van der Waals surface area contributed by atoms with Gasteiger partial charge in [-0.2, -0.15) is 0 Å². The molecule has 26 heavy (non-hydrogen) atoms. The molecular formula is C21H21IN2O2. The summed E-state index contributed by atoms with van der Waals surface area (Å²) in [5, 5.41) is 1.23. The lowest BCUT2D eigenvalue weighted by molar-refractivity contribution is 0.0713. The summed E-state index contributed by atoms with van der Waals surface area (Å²) in [5.41, 5.74) is 3.25. The van der Waals surface area contributed by atoms with Crippen LogP contribution in [0.2, 0.25) is 0 Å². The van der Waals surface area contributed by atoms with Crippen LogP contribution in [0.1, 0.15) is 34.7 Å². The Hall–Kier alpha value is -2.02. The number of nitrogens with one attached hydrogen (secondary N) is 1.